The highest BCUT2D eigenvalue weighted by Crippen LogP contribution is 2.28. The van der Waals surface area contributed by atoms with E-state index in [0.29, 0.717) is 0 Å². The van der Waals surface area contributed by atoms with Crippen LogP contribution >= 0.6 is 0 Å². The lowest BCUT2D eigenvalue weighted by atomic mass is 10.1. The maximum Gasteiger partial charge on any atom is 0.323 e. The van der Waals surface area contributed by atoms with Gasteiger partial charge >= 0.3 is 6.03 Å². The van der Waals surface area contributed by atoms with Crippen molar-refractivity contribution in [1.29, 1.82) is 0 Å². The molecule has 0 bridgehead atoms. The molecule has 1 aliphatic heterocycles. The van der Waals surface area contributed by atoms with Gasteiger partial charge in [-0.1, -0.05) is 36.4 Å². The molecule has 0 saturated carbocycles. The molecule has 178 valence electrons. The first-order valence-electron chi connectivity index (χ1n) is 12.2. The van der Waals surface area contributed by atoms with E-state index in [-0.39, 0.29) is 0 Å². The molecule has 6 nitrogen and oxygen atoms in total. The first-order valence-corrected chi connectivity index (χ1v) is 12.2. The van der Waals surface area contributed by atoms with Crippen LogP contribution in [0.15, 0.2) is 84.9 Å². The summed E-state index contributed by atoms with van der Waals surface area (Å²) in [5.41, 5.74) is 11.9. The van der Waals surface area contributed by atoms with E-state index in [1.165, 1.54) is 16.6 Å². The van der Waals surface area contributed by atoms with Crippen molar-refractivity contribution < 1.29 is 4.79 Å². The quantitative estimate of drug-likeness (QED) is 0.429. The van der Waals surface area contributed by atoms with E-state index in [0.717, 1.165) is 61.7 Å². The van der Waals surface area contributed by atoms with Crippen molar-refractivity contribution in [1.82, 2.24) is 9.88 Å². The molecular formula is C29H31N5O. The van der Waals surface area contributed by atoms with Gasteiger partial charge in [0.25, 0.3) is 0 Å². The normalized spacial score (nSPS) is 14.3. The summed E-state index contributed by atoms with van der Waals surface area (Å²) in [7, 11) is 0. The maximum absolute atomic E-state index is 12.2. The lowest BCUT2D eigenvalue weighted by Crippen LogP contribution is -2.47. The van der Waals surface area contributed by atoms with Crippen molar-refractivity contribution in [3.8, 4) is 0 Å². The van der Waals surface area contributed by atoms with E-state index < -0.39 is 6.03 Å². The number of urea groups is 1. The summed E-state index contributed by atoms with van der Waals surface area (Å²) in [6, 6.07) is 27.8. The number of benzene rings is 3. The fourth-order valence-corrected chi connectivity index (χ4v) is 4.85. The van der Waals surface area contributed by atoms with Crippen molar-refractivity contribution >= 4 is 34.0 Å². The van der Waals surface area contributed by atoms with Crippen molar-refractivity contribution in [2.75, 3.05) is 42.5 Å². The summed E-state index contributed by atoms with van der Waals surface area (Å²) in [6.45, 7) is 7.05. The average molecular weight is 466 g/mol. The van der Waals surface area contributed by atoms with Crippen LogP contribution in [0.2, 0.25) is 0 Å². The number of nitrogens with zero attached hydrogens (tertiary/aromatic N) is 4. The average Bonchev–Trinajstić information content (AvgIpc) is 2.88. The van der Waals surface area contributed by atoms with Gasteiger partial charge in [0.05, 0.1) is 16.9 Å². The number of para-hydroxylation sites is 1. The monoisotopic (exact) mass is 465 g/mol. The van der Waals surface area contributed by atoms with Crippen LogP contribution in [0, 0.1) is 6.92 Å². The number of piperazine rings is 1. The number of aromatic nitrogens is 1. The number of hydrogen-bond acceptors (Lipinski definition) is 4. The van der Waals surface area contributed by atoms with E-state index in [2.05, 4.69) is 57.2 Å². The first-order chi connectivity index (χ1) is 17.1. The van der Waals surface area contributed by atoms with Gasteiger partial charge in [-0.15, -0.1) is 0 Å². The van der Waals surface area contributed by atoms with Crippen LogP contribution in [0.25, 0.3) is 10.9 Å². The Hall–Kier alpha value is -3.90. The lowest BCUT2D eigenvalue weighted by molar-refractivity contribution is 0.256. The molecular weight excluding hydrogens is 434 g/mol. The molecule has 1 fully saturated rings. The number of anilines is 3. The minimum Gasteiger partial charge on any atom is -0.368 e. The largest absolute Gasteiger partial charge is 0.368 e. The Morgan fingerprint density at radius 2 is 1.63 bits per heavy atom. The van der Waals surface area contributed by atoms with Gasteiger partial charge < -0.3 is 10.6 Å². The summed E-state index contributed by atoms with van der Waals surface area (Å²) >= 11 is 0. The van der Waals surface area contributed by atoms with E-state index >= 15 is 0 Å². The highest BCUT2D eigenvalue weighted by atomic mass is 16.2. The maximum atomic E-state index is 12.2. The number of hydrogen-bond donors (Lipinski definition) is 1. The lowest BCUT2D eigenvalue weighted by Gasteiger charge is -2.36. The van der Waals surface area contributed by atoms with Gasteiger partial charge in [0, 0.05) is 49.5 Å². The molecule has 0 spiro atoms. The molecule has 2 amide bonds. The second-order valence-electron chi connectivity index (χ2n) is 9.05. The Balaban J connectivity index is 1.22. The van der Waals surface area contributed by atoms with Crippen molar-refractivity contribution in [2.24, 2.45) is 5.73 Å². The molecule has 2 N–H and O–H groups in total. The Morgan fingerprint density at radius 3 is 2.40 bits per heavy atom. The first kappa shape index (κ1) is 22.9. The smallest absolute Gasteiger partial charge is 0.323 e. The molecule has 6 heteroatoms. The van der Waals surface area contributed by atoms with Crippen LogP contribution in [0.5, 0.6) is 0 Å². The van der Waals surface area contributed by atoms with Crippen LogP contribution in [0.1, 0.15) is 11.3 Å². The zero-order valence-corrected chi connectivity index (χ0v) is 20.1. The fourth-order valence-electron chi connectivity index (χ4n) is 4.85. The van der Waals surface area contributed by atoms with E-state index in [1.807, 2.05) is 49.4 Å². The van der Waals surface area contributed by atoms with E-state index in [4.69, 9.17) is 5.73 Å². The fraction of sp³-hybridized carbons (Fsp3) is 0.241. The third-order valence-electron chi connectivity index (χ3n) is 6.68. The molecule has 3 aromatic carbocycles. The van der Waals surface area contributed by atoms with Gasteiger partial charge in [0.15, 0.2) is 0 Å². The highest BCUT2D eigenvalue weighted by molar-refractivity contribution is 5.98. The number of pyridine rings is 1. The zero-order valence-electron chi connectivity index (χ0n) is 20.1. The number of amides is 2. The van der Waals surface area contributed by atoms with Gasteiger partial charge in [-0.05, 0) is 67.4 Å². The number of primary amides is 1. The summed E-state index contributed by atoms with van der Waals surface area (Å²) in [6.07, 6.45) is 0.923. The number of carbonyl (C=O) groups excluding carboxylic acids is 1. The molecule has 1 aliphatic rings. The predicted molar refractivity (Wildman–Crippen MR) is 143 cm³/mol. The van der Waals surface area contributed by atoms with Crippen LogP contribution in [-0.2, 0) is 6.42 Å². The Kier molecular flexibility index (Phi) is 6.64. The molecule has 0 atom stereocenters. The van der Waals surface area contributed by atoms with Crippen LogP contribution in [0.3, 0.4) is 0 Å². The summed E-state index contributed by atoms with van der Waals surface area (Å²) in [5, 5.41) is 1.22. The summed E-state index contributed by atoms with van der Waals surface area (Å²) in [4.78, 5) is 23.4. The summed E-state index contributed by atoms with van der Waals surface area (Å²) < 4.78 is 0. The molecule has 4 aromatic rings. The molecule has 1 saturated heterocycles. The third kappa shape index (κ3) is 5.12. The standard InChI is InChI=1S/C29H31N5O/c1-22-13-14-26-27(31-22)11-6-12-28(26)33-19-17-32(18-20-33)16-15-23-7-5-10-25(21-23)34(29(30)35)24-8-3-2-4-9-24/h2-14,21H,15-20H2,1H3,(H2,30,35). The minimum absolute atomic E-state index is 0.483. The number of nitrogens with two attached hydrogens (primary N) is 1. The Labute approximate surface area is 206 Å². The Morgan fingerprint density at radius 1 is 0.886 bits per heavy atom. The minimum atomic E-state index is -0.483. The number of aryl methyl sites for hydroxylation is 1. The molecule has 35 heavy (non-hydrogen) atoms. The second-order valence-corrected chi connectivity index (χ2v) is 9.05. The van der Waals surface area contributed by atoms with Crippen LogP contribution < -0.4 is 15.5 Å². The molecule has 2 heterocycles. The van der Waals surface area contributed by atoms with Crippen molar-refractivity contribution in [3.05, 3.63) is 96.2 Å². The van der Waals surface area contributed by atoms with Gasteiger partial charge in [0.2, 0.25) is 0 Å². The third-order valence-corrected chi connectivity index (χ3v) is 6.68. The molecule has 1 aromatic heterocycles. The van der Waals surface area contributed by atoms with Crippen LogP contribution in [-0.4, -0.2) is 48.6 Å². The number of carbonyl (C=O) groups is 1. The topological polar surface area (TPSA) is 65.7 Å². The highest BCUT2D eigenvalue weighted by Gasteiger charge is 2.19. The Bertz CT molecular complexity index is 1320. The van der Waals surface area contributed by atoms with Crippen molar-refractivity contribution in [3.63, 3.8) is 0 Å². The SMILES string of the molecule is Cc1ccc2c(N3CCN(CCc4cccc(N(C(N)=O)c5ccccc5)c4)CC3)cccc2n1. The number of rotatable bonds is 6. The van der Waals surface area contributed by atoms with Crippen LogP contribution in [0.4, 0.5) is 21.9 Å². The van der Waals surface area contributed by atoms with Gasteiger partial charge in [-0.25, -0.2) is 4.79 Å². The van der Waals surface area contributed by atoms with E-state index in [1.54, 1.807) is 4.90 Å². The molecule has 0 unspecified atom stereocenters. The van der Waals surface area contributed by atoms with Gasteiger partial charge in [0.1, 0.15) is 0 Å². The zero-order chi connectivity index (χ0) is 24.2. The predicted octanol–water partition coefficient (Wildman–Crippen LogP) is 5.12. The summed E-state index contributed by atoms with van der Waals surface area (Å²) in [5.74, 6) is 0. The van der Waals surface area contributed by atoms with Crippen molar-refractivity contribution in [2.45, 2.75) is 13.3 Å². The molecule has 5 rings (SSSR count). The molecule has 0 aliphatic carbocycles. The second kappa shape index (κ2) is 10.2. The number of fused-ring (bicyclic) bond motifs is 1. The van der Waals surface area contributed by atoms with E-state index in [9.17, 15) is 4.79 Å². The van der Waals surface area contributed by atoms with Gasteiger partial charge in [-0.3, -0.25) is 14.8 Å². The molecule has 0 radical (unpaired) electrons. The van der Waals surface area contributed by atoms with Gasteiger partial charge in [-0.2, -0.15) is 0 Å².